The van der Waals surface area contributed by atoms with Crippen LogP contribution in [-0.2, 0) is 15.6 Å². The molecule has 82 valence electrons. The van der Waals surface area contributed by atoms with E-state index >= 15 is 0 Å². The highest BCUT2D eigenvalue weighted by molar-refractivity contribution is 7.84. The fraction of sp³-hybridized carbons (Fsp3) is 0.900. The van der Waals surface area contributed by atoms with Crippen LogP contribution in [0.4, 0.5) is 0 Å². The summed E-state index contributed by atoms with van der Waals surface area (Å²) in [5.41, 5.74) is 0. The number of Topliss-reactive ketones (excluding diaryl/α,β-unsaturated/α-hetero) is 1. The zero-order valence-corrected chi connectivity index (χ0v) is 9.81. The van der Waals surface area contributed by atoms with Crippen LogP contribution in [0.2, 0.25) is 0 Å². The summed E-state index contributed by atoms with van der Waals surface area (Å²) in [5.74, 6) is 1.85. The lowest BCUT2D eigenvalue weighted by Crippen LogP contribution is -2.42. The van der Waals surface area contributed by atoms with Crippen molar-refractivity contribution in [1.29, 1.82) is 0 Å². The molecule has 0 aromatic heterocycles. The molecule has 1 fully saturated rings. The van der Waals surface area contributed by atoms with Gasteiger partial charge in [0.2, 0.25) is 0 Å². The van der Waals surface area contributed by atoms with Crippen molar-refractivity contribution in [2.24, 2.45) is 0 Å². The van der Waals surface area contributed by atoms with Crippen molar-refractivity contribution in [3.63, 3.8) is 0 Å². The minimum atomic E-state index is -0.679. The quantitative estimate of drug-likeness (QED) is 0.699. The number of carbonyl (C=O) groups is 1. The van der Waals surface area contributed by atoms with Gasteiger partial charge >= 0.3 is 0 Å². The normalized spacial score (nSPS) is 26.4. The monoisotopic (exact) mass is 217 g/mol. The fourth-order valence-electron chi connectivity index (χ4n) is 1.74. The predicted octanol–water partition coefficient (Wildman–Crippen LogP) is 0.808. The standard InChI is InChI=1S/C10H19NO2S/c1-3-14(13)7-6-11-5-4-10(12)8-9(11)2/h9H,3-8H2,1-2H3. The average Bonchev–Trinajstić information content (AvgIpc) is 2.16. The van der Waals surface area contributed by atoms with Crippen molar-refractivity contribution >= 4 is 16.6 Å². The molecule has 0 aromatic carbocycles. The van der Waals surface area contributed by atoms with Crippen LogP contribution in [-0.4, -0.2) is 45.5 Å². The van der Waals surface area contributed by atoms with E-state index in [1.54, 1.807) is 0 Å². The van der Waals surface area contributed by atoms with Crippen LogP contribution in [0.15, 0.2) is 0 Å². The van der Waals surface area contributed by atoms with Crippen LogP contribution in [0.3, 0.4) is 0 Å². The molecular formula is C10H19NO2S. The summed E-state index contributed by atoms with van der Waals surface area (Å²) in [5, 5.41) is 0. The first-order chi connectivity index (χ1) is 6.63. The Morgan fingerprint density at radius 3 is 2.86 bits per heavy atom. The first kappa shape index (κ1) is 11.9. The van der Waals surface area contributed by atoms with E-state index < -0.39 is 10.8 Å². The van der Waals surface area contributed by atoms with E-state index in [1.165, 1.54) is 0 Å². The Morgan fingerprint density at radius 2 is 2.29 bits per heavy atom. The van der Waals surface area contributed by atoms with Crippen LogP contribution in [0.1, 0.15) is 26.7 Å². The fourth-order valence-corrected chi connectivity index (χ4v) is 2.47. The maximum atomic E-state index is 11.2. The molecule has 0 spiro atoms. The van der Waals surface area contributed by atoms with Gasteiger partial charge in [0.25, 0.3) is 0 Å². The molecule has 2 atom stereocenters. The zero-order chi connectivity index (χ0) is 10.6. The summed E-state index contributed by atoms with van der Waals surface area (Å²) < 4.78 is 11.2. The van der Waals surface area contributed by atoms with Gasteiger partial charge in [-0.3, -0.25) is 13.9 Å². The maximum absolute atomic E-state index is 11.2. The van der Waals surface area contributed by atoms with Crippen molar-refractivity contribution in [3.8, 4) is 0 Å². The molecule has 1 aliphatic heterocycles. The molecule has 4 heteroatoms. The van der Waals surface area contributed by atoms with E-state index in [0.717, 1.165) is 24.6 Å². The van der Waals surface area contributed by atoms with E-state index in [-0.39, 0.29) is 0 Å². The number of rotatable bonds is 4. The summed E-state index contributed by atoms with van der Waals surface area (Å²) in [7, 11) is -0.679. The molecule has 1 aliphatic rings. The molecule has 3 nitrogen and oxygen atoms in total. The van der Waals surface area contributed by atoms with Gasteiger partial charge in [0.05, 0.1) is 0 Å². The number of carbonyl (C=O) groups excluding carboxylic acids is 1. The van der Waals surface area contributed by atoms with Crippen molar-refractivity contribution < 1.29 is 9.00 Å². The Bertz CT molecular complexity index is 230. The molecule has 0 aromatic rings. The highest BCUT2D eigenvalue weighted by Crippen LogP contribution is 2.13. The third kappa shape index (κ3) is 3.50. The largest absolute Gasteiger partial charge is 0.300 e. The molecule has 2 unspecified atom stereocenters. The maximum Gasteiger partial charge on any atom is 0.135 e. The van der Waals surface area contributed by atoms with Gasteiger partial charge in [-0.2, -0.15) is 0 Å². The third-order valence-corrected chi connectivity index (χ3v) is 4.03. The molecule has 1 rings (SSSR count). The highest BCUT2D eigenvalue weighted by atomic mass is 32.2. The first-order valence-corrected chi connectivity index (χ1v) is 6.73. The van der Waals surface area contributed by atoms with Crippen molar-refractivity contribution in [2.45, 2.75) is 32.7 Å². The van der Waals surface area contributed by atoms with Gasteiger partial charge in [0, 0.05) is 54.3 Å². The second-order valence-corrected chi connectivity index (χ2v) is 5.68. The number of hydrogen-bond acceptors (Lipinski definition) is 3. The second-order valence-electron chi connectivity index (χ2n) is 3.81. The molecule has 14 heavy (non-hydrogen) atoms. The van der Waals surface area contributed by atoms with Gasteiger partial charge in [-0.15, -0.1) is 0 Å². The van der Waals surface area contributed by atoms with E-state index in [1.807, 2.05) is 6.92 Å². The number of hydrogen-bond donors (Lipinski definition) is 0. The molecule has 0 N–H and O–H groups in total. The predicted molar refractivity (Wildman–Crippen MR) is 58.8 cm³/mol. The molecular weight excluding hydrogens is 198 g/mol. The third-order valence-electron chi connectivity index (χ3n) is 2.75. The lowest BCUT2D eigenvalue weighted by Gasteiger charge is -2.32. The van der Waals surface area contributed by atoms with Crippen LogP contribution in [0, 0.1) is 0 Å². The van der Waals surface area contributed by atoms with Crippen LogP contribution in [0.5, 0.6) is 0 Å². The molecule has 0 bridgehead atoms. The molecule has 1 heterocycles. The lowest BCUT2D eigenvalue weighted by atomic mass is 10.0. The molecule has 0 amide bonds. The topological polar surface area (TPSA) is 37.4 Å². The van der Waals surface area contributed by atoms with Crippen LogP contribution >= 0.6 is 0 Å². The Kier molecular flexibility index (Phi) is 4.75. The van der Waals surface area contributed by atoms with E-state index in [4.69, 9.17) is 0 Å². The minimum absolute atomic E-state index is 0.338. The van der Waals surface area contributed by atoms with Crippen molar-refractivity contribution in [2.75, 3.05) is 24.6 Å². The van der Waals surface area contributed by atoms with Crippen LogP contribution in [0.25, 0.3) is 0 Å². The van der Waals surface area contributed by atoms with Gasteiger partial charge in [0.15, 0.2) is 0 Å². The molecule has 1 saturated heterocycles. The van der Waals surface area contributed by atoms with Gasteiger partial charge < -0.3 is 0 Å². The van der Waals surface area contributed by atoms with Gasteiger partial charge in [-0.05, 0) is 6.92 Å². The summed E-state index contributed by atoms with van der Waals surface area (Å²) in [6, 6.07) is 0.338. The average molecular weight is 217 g/mol. The summed E-state index contributed by atoms with van der Waals surface area (Å²) in [6.07, 6.45) is 1.34. The van der Waals surface area contributed by atoms with Gasteiger partial charge in [-0.25, -0.2) is 0 Å². The second kappa shape index (κ2) is 5.61. The van der Waals surface area contributed by atoms with E-state index in [9.17, 15) is 9.00 Å². The first-order valence-electron chi connectivity index (χ1n) is 5.24. The lowest BCUT2D eigenvalue weighted by molar-refractivity contribution is -0.122. The van der Waals surface area contributed by atoms with E-state index in [2.05, 4.69) is 11.8 Å². The molecule has 0 radical (unpaired) electrons. The van der Waals surface area contributed by atoms with Gasteiger partial charge in [0.1, 0.15) is 5.78 Å². The zero-order valence-electron chi connectivity index (χ0n) is 8.99. The molecule has 0 saturated carbocycles. The summed E-state index contributed by atoms with van der Waals surface area (Å²) in [6.45, 7) is 5.74. The van der Waals surface area contributed by atoms with Gasteiger partial charge in [-0.1, -0.05) is 6.92 Å². The Balaban J connectivity index is 2.30. The minimum Gasteiger partial charge on any atom is -0.300 e. The number of piperidine rings is 1. The Morgan fingerprint density at radius 1 is 1.57 bits per heavy atom. The Labute approximate surface area is 88.3 Å². The summed E-state index contributed by atoms with van der Waals surface area (Å²) in [4.78, 5) is 13.4. The number of nitrogens with zero attached hydrogens (tertiary/aromatic N) is 1. The van der Waals surface area contributed by atoms with E-state index in [0.29, 0.717) is 24.7 Å². The summed E-state index contributed by atoms with van der Waals surface area (Å²) >= 11 is 0. The van der Waals surface area contributed by atoms with Crippen LogP contribution < -0.4 is 0 Å². The highest BCUT2D eigenvalue weighted by Gasteiger charge is 2.22. The number of ketones is 1. The smallest absolute Gasteiger partial charge is 0.135 e. The van der Waals surface area contributed by atoms with Crippen molar-refractivity contribution in [1.82, 2.24) is 4.90 Å². The number of likely N-dealkylation sites (tertiary alicyclic amines) is 1. The SMILES string of the molecule is CCS(=O)CCN1CCC(=O)CC1C. The molecule has 0 aliphatic carbocycles. The Hall–Kier alpha value is -0.220. The van der Waals surface area contributed by atoms with Crippen molar-refractivity contribution in [3.05, 3.63) is 0 Å².